The molecule has 0 radical (unpaired) electrons. The number of allylic oxidation sites excluding steroid dienone is 1. The van der Waals surface area contributed by atoms with Crippen molar-refractivity contribution >= 4 is 17.9 Å². The van der Waals surface area contributed by atoms with Gasteiger partial charge in [0.1, 0.15) is 0 Å². The molecule has 0 aromatic carbocycles. The van der Waals surface area contributed by atoms with Crippen LogP contribution >= 0.6 is 0 Å². The smallest absolute Gasteiger partial charge is 0.311 e. The summed E-state index contributed by atoms with van der Waals surface area (Å²) in [5.74, 6) is -6.71. The topological polar surface area (TPSA) is 101 Å². The highest BCUT2D eigenvalue weighted by Gasteiger charge is 2.48. The van der Waals surface area contributed by atoms with Crippen molar-refractivity contribution in [2.24, 2.45) is 29.6 Å². The van der Waals surface area contributed by atoms with Gasteiger partial charge in [0.15, 0.2) is 0 Å². The molecule has 1 rings (SSSR count). The van der Waals surface area contributed by atoms with Gasteiger partial charge in [0.05, 0.1) is 24.4 Å². The Labute approximate surface area is 155 Å². The van der Waals surface area contributed by atoms with Gasteiger partial charge in [-0.15, -0.1) is 0 Å². The van der Waals surface area contributed by atoms with Crippen LogP contribution in [0.3, 0.4) is 0 Å². The van der Waals surface area contributed by atoms with Gasteiger partial charge in [0.25, 0.3) is 0 Å². The second-order valence-corrected chi connectivity index (χ2v) is 7.53. The normalized spacial score (nSPS) is 25.2. The summed E-state index contributed by atoms with van der Waals surface area (Å²) in [5.41, 5.74) is 0. The third-order valence-electron chi connectivity index (χ3n) is 4.84. The summed E-state index contributed by atoms with van der Waals surface area (Å²) >= 11 is 0. The van der Waals surface area contributed by atoms with Crippen molar-refractivity contribution in [3.8, 4) is 0 Å². The fraction of sp³-hybridized carbons (Fsp3) is 0.750. The number of rotatable bonds is 11. The molecule has 0 saturated carbocycles. The fourth-order valence-electron chi connectivity index (χ4n) is 3.46. The predicted octanol–water partition coefficient (Wildman–Crippen LogP) is 3.75. The van der Waals surface area contributed by atoms with E-state index in [4.69, 9.17) is 4.74 Å². The van der Waals surface area contributed by atoms with Crippen LogP contribution in [0.25, 0.3) is 0 Å². The molecule has 0 amide bonds. The van der Waals surface area contributed by atoms with Gasteiger partial charge in [0, 0.05) is 0 Å². The minimum atomic E-state index is -1.19. The molecular formula is C20H32O6. The first-order valence-corrected chi connectivity index (χ1v) is 9.60. The zero-order chi connectivity index (χ0) is 19.7. The Kier molecular flexibility index (Phi) is 9.38. The molecule has 0 aromatic rings. The van der Waals surface area contributed by atoms with E-state index in [9.17, 15) is 24.6 Å². The van der Waals surface area contributed by atoms with E-state index >= 15 is 0 Å². The van der Waals surface area contributed by atoms with Gasteiger partial charge in [0.2, 0.25) is 0 Å². The number of hydrogen-bond donors (Lipinski definition) is 2. The second kappa shape index (κ2) is 11.0. The molecule has 6 nitrogen and oxygen atoms in total. The standard InChI is InChI=1S/C20H32O6/c1-4-5-6-7-8-9-14-10-11-15(18(21)22)17(16(14)19(23)24)20(25)26-12-13(2)3/h10-11,13-17H,4-9,12H2,1-3H3,(H,21,22)(H,23,24). The minimum Gasteiger partial charge on any atom is -0.481 e. The van der Waals surface area contributed by atoms with Gasteiger partial charge >= 0.3 is 17.9 Å². The highest BCUT2D eigenvalue weighted by molar-refractivity contribution is 5.88. The van der Waals surface area contributed by atoms with Crippen LogP contribution in [-0.4, -0.2) is 34.7 Å². The van der Waals surface area contributed by atoms with Crippen LogP contribution < -0.4 is 0 Å². The van der Waals surface area contributed by atoms with Crippen molar-refractivity contribution in [1.82, 2.24) is 0 Å². The van der Waals surface area contributed by atoms with Crippen molar-refractivity contribution in [2.45, 2.75) is 59.3 Å². The fourth-order valence-corrected chi connectivity index (χ4v) is 3.46. The van der Waals surface area contributed by atoms with E-state index in [2.05, 4.69) is 6.92 Å². The molecule has 1 aliphatic rings. The number of ether oxygens (including phenoxy) is 1. The third-order valence-corrected chi connectivity index (χ3v) is 4.84. The first-order chi connectivity index (χ1) is 12.3. The van der Waals surface area contributed by atoms with Gasteiger partial charge in [-0.05, 0) is 18.3 Å². The van der Waals surface area contributed by atoms with E-state index < -0.39 is 35.7 Å². The molecule has 0 aromatic heterocycles. The predicted molar refractivity (Wildman–Crippen MR) is 97.5 cm³/mol. The zero-order valence-corrected chi connectivity index (χ0v) is 16.0. The molecule has 0 fully saturated rings. The van der Waals surface area contributed by atoms with Gasteiger partial charge in [-0.25, -0.2) is 0 Å². The van der Waals surface area contributed by atoms with E-state index in [1.807, 2.05) is 13.8 Å². The number of carboxylic acid groups (broad SMARTS) is 2. The maximum atomic E-state index is 12.5. The molecule has 4 atom stereocenters. The Morgan fingerprint density at radius 1 is 0.962 bits per heavy atom. The number of esters is 1. The van der Waals surface area contributed by atoms with Crippen LogP contribution in [0.4, 0.5) is 0 Å². The first-order valence-electron chi connectivity index (χ1n) is 9.60. The summed E-state index contributed by atoms with van der Waals surface area (Å²) < 4.78 is 5.21. The molecule has 0 heterocycles. The first kappa shape index (κ1) is 22.2. The number of aliphatic carboxylic acids is 2. The van der Waals surface area contributed by atoms with Crippen LogP contribution in [0.1, 0.15) is 59.3 Å². The number of hydrogen-bond acceptors (Lipinski definition) is 4. The molecule has 1 aliphatic carbocycles. The summed E-state index contributed by atoms with van der Waals surface area (Å²) in [5, 5.41) is 19.2. The van der Waals surface area contributed by atoms with Gasteiger partial charge < -0.3 is 14.9 Å². The maximum absolute atomic E-state index is 12.5. The van der Waals surface area contributed by atoms with Gasteiger partial charge in [-0.3, -0.25) is 14.4 Å². The van der Waals surface area contributed by atoms with Crippen molar-refractivity contribution in [2.75, 3.05) is 6.61 Å². The van der Waals surface area contributed by atoms with Crippen molar-refractivity contribution in [1.29, 1.82) is 0 Å². The lowest BCUT2D eigenvalue weighted by Crippen LogP contribution is -2.44. The number of carbonyl (C=O) groups excluding carboxylic acids is 1. The lowest BCUT2D eigenvalue weighted by Gasteiger charge is -2.34. The molecule has 6 heteroatoms. The SMILES string of the molecule is CCCCCCCC1C=CC(C(=O)O)C(C(=O)OCC(C)C)C1C(=O)O. The lowest BCUT2D eigenvalue weighted by molar-refractivity contribution is -0.166. The quantitative estimate of drug-likeness (QED) is 0.327. The van der Waals surface area contributed by atoms with Gasteiger partial charge in [-0.2, -0.15) is 0 Å². The molecule has 0 bridgehead atoms. The number of carbonyl (C=O) groups is 3. The summed E-state index contributed by atoms with van der Waals surface area (Å²) in [7, 11) is 0. The Balaban J connectivity index is 2.93. The van der Waals surface area contributed by atoms with E-state index in [0.717, 1.165) is 32.1 Å². The highest BCUT2D eigenvalue weighted by Crippen LogP contribution is 2.38. The average molecular weight is 368 g/mol. The second-order valence-electron chi connectivity index (χ2n) is 7.53. The van der Waals surface area contributed by atoms with E-state index in [1.54, 1.807) is 6.08 Å². The maximum Gasteiger partial charge on any atom is 0.311 e. The summed E-state index contributed by atoms with van der Waals surface area (Å²) in [6.45, 7) is 6.02. The summed E-state index contributed by atoms with van der Waals surface area (Å²) in [4.78, 5) is 36.0. The van der Waals surface area contributed by atoms with Crippen LogP contribution in [0, 0.1) is 29.6 Å². The molecule has 0 spiro atoms. The van der Waals surface area contributed by atoms with E-state index in [-0.39, 0.29) is 18.4 Å². The van der Waals surface area contributed by atoms with Crippen LogP contribution in [0.5, 0.6) is 0 Å². The van der Waals surface area contributed by atoms with Crippen molar-refractivity contribution in [3.63, 3.8) is 0 Å². The monoisotopic (exact) mass is 368 g/mol. The Bertz CT molecular complexity index is 510. The molecular weight excluding hydrogens is 336 g/mol. The Morgan fingerprint density at radius 3 is 2.15 bits per heavy atom. The third kappa shape index (κ3) is 6.46. The van der Waals surface area contributed by atoms with E-state index in [1.165, 1.54) is 6.08 Å². The summed E-state index contributed by atoms with van der Waals surface area (Å²) in [6, 6.07) is 0. The van der Waals surface area contributed by atoms with Gasteiger partial charge in [-0.1, -0.05) is 65.0 Å². The van der Waals surface area contributed by atoms with Crippen molar-refractivity contribution < 1.29 is 29.3 Å². The molecule has 4 unspecified atom stereocenters. The number of carboxylic acids is 2. The Hall–Kier alpha value is -1.85. The molecule has 2 N–H and O–H groups in total. The summed E-state index contributed by atoms with van der Waals surface area (Å²) in [6.07, 6.45) is 9.03. The van der Waals surface area contributed by atoms with E-state index in [0.29, 0.717) is 6.42 Å². The molecule has 0 saturated heterocycles. The minimum absolute atomic E-state index is 0.0963. The highest BCUT2D eigenvalue weighted by atomic mass is 16.5. The molecule has 148 valence electrons. The average Bonchev–Trinajstić information content (AvgIpc) is 2.58. The molecule has 26 heavy (non-hydrogen) atoms. The van der Waals surface area contributed by atoms with Crippen LogP contribution in [0.2, 0.25) is 0 Å². The lowest BCUT2D eigenvalue weighted by atomic mass is 9.69. The number of unbranched alkanes of at least 4 members (excludes halogenated alkanes) is 4. The molecule has 0 aliphatic heterocycles. The van der Waals surface area contributed by atoms with Crippen molar-refractivity contribution in [3.05, 3.63) is 12.2 Å². The largest absolute Gasteiger partial charge is 0.481 e. The Morgan fingerprint density at radius 2 is 1.62 bits per heavy atom. The van der Waals surface area contributed by atoms with Crippen LogP contribution in [0.15, 0.2) is 12.2 Å². The zero-order valence-electron chi connectivity index (χ0n) is 16.0. The van der Waals surface area contributed by atoms with Crippen LogP contribution in [-0.2, 0) is 19.1 Å².